The van der Waals surface area contributed by atoms with Crippen LogP contribution in [-0.4, -0.2) is 26.4 Å². The van der Waals surface area contributed by atoms with Crippen molar-refractivity contribution in [2.75, 3.05) is 11.1 Å². The Bertz CT molecular complexity index is 991. The third-order valence-corrected chi connectivity index (χ3v) is 6.53. The summed E-state index contributed by atoms with van der Waals surface area (Å²) in [5, 5.41) is 14.7. The minimum absolute atomic E-state index is 0.0377. The molecule has 1 amide bonds. The zero-order valence-electron chi connectivity index (χ0n) is 17.7. The lowest BCUT2D eigenvalue weighted by molar-refractivity contribution is -0.113. The Morgan fingerprint density at radius 3 is 2.76 bits per heavy atom. The van der Waals surface area contributed by atoms with Gasteiger partial charge in [-0.2, -0.15) is 0 Å². The van der Waals surface area contributed by atoms with Crippen LogP contribution in [0.4, 0.5) is 5.69 Å². The smallest absolute Gasteiger partial charge is 0.234 e. The Kier molecular flexibility index (Phi) is 7.14. The van der Waals surface area contributed by atoms with Gasteiger partial charge in [-0.1, -0.05) is 37.2 Å². The summed E-state index contributed by atoms with van der Waals surface area (Å²) in [6, 6.07) is 8.48. The molecule has 2 aromatic heterocycles. The number of thiophene rings is 1. The molecule has 1 aromatic carbocycles. The zero-order chi connectivity index (χ0) is 21.0. The molecule has 0 aliphatic heterocycles. The van der Waals surface area contributed by atoms with Gasteiger partial charge in [-0.3, -0.25) is 9.36 Å². The zero-order valence-corrected chi connectivity index (χ0v) is 19.3. The highest BCUT2D eigenvalue weighted by molar-refractivity contribution is 7.99. The van der Waals surface area contributed by atoms with Crippen molar-refractivity contribution in [2.24, 2.45) is 0 Å². The molecule has 0 saturated heterocycles. The summed E-state index contributed by atoms with van der Waals surface area (Å²) in [6.45, 7) is 10.4. The molecule has 0 unspecified atom stereocenters. The second-order valence-corrected chi connectivity index (χ2v) is 9.42. The SMILES string of the molecule is CCCc1cc(-c2nnc(SCC(=O)Nc3cc(C)ccc3C)n2C(C)C)cs1. The minimum atomic E-state index is -0.0377. The number of carbonyl (C=O) groups is 1. The average molecular weight is 429 g/mol. The van der Waals surface area contributed by atoms with E-state index in [1.165, 1.54) is 16.6 Å². The first-order valence-electron chi connectivity index (χ1n) is 9.91. The predicted molar refractivity (Wildman–Crippen MR) is 123 cm³/mol. The first kappa shape index (κ1) is 21.6. The van der Waals surface area contributed by atoms with Crippen LogP contribution < -0.4 is 5.32 Å². The molecule has 0 radical (unpaired) electrons. The molecule has 154 valence electrons. The van der Waals surface area contributed by atoms with E-state index in [2.05, 4.69) is 52.3 Å². The minimum Gasteiger partial charge on any atom is -0.325 e. The van der Waals surface area contributed by atoms with Crippen molar-refractivity contribution < 1.29 is 4.79 Å². The lowest BCUT2D eigenvalue weighted by atomic mass is 10.1. The molecule has 0 spiro atoms. The number of hydrogen-bond acceptors (Lipinski definition) is 5. The molecule has 2 heterocycles. The molecule has 3 rings (SSSR count). The Morgan fingerprint density at radius 2 is 2.03 bits per heavy atom. The Labute approximate surface area is 180 Å². The Morgan fingerprint density at radius 1 is 1.24 bits per heavy atom. The van der Waals surface area contributed by atoms with Crippen LogP contribution in [0.15, 0.2) is 34.8 Å². The fourth-order valence-electron chi connectivity index (χ4n) is 3.10. The molecular formula is C22H28N4OS2. The average Bonchev–Trinajstić information content (AvgIpc) is 3.30. The van der Waals surface area contributed by atoms with Crippen LogP contribution in [0.5, 0.6) is 0 Å². The first-order chi connectivity index (χ1) is 13.9. The fraction of sp³-hybridized carbons (Fsp3) is 0.409. The van der Waals surface area contributed by atoms with E-state index < -0.39 is 0 Å². The maximum atomic E-state index is 12.5. The van der Waals surface area contributed by atoms with E-state index in [9.17, 15) is 4.79 Å². The lowest BCUT2D eigenvalue weighted by Gasteiger charge is -2.13. The lowest BCUT2D eigenvalue weighted by Crippen LogP contribution is -2.15. The van der Waals surface area contributed by atoms with Crippen LogP contribution >= 0.6 is 23.1 Å². The molecule has 0 saturated carbocycles. The van der Waals surface area contributed by atoms with Gasteiger partial charge in [-0.05, 0) is 57.4 Å². The number of carbonyl (C=O) groups excluding carboxylic acids is 1. The van der Waals surface area contributed by atoms with Crippen molar-refractivity contribution in [1.29, 1.82) is 0 Å². The van der Waals surface area contributed by atoms with E-state index in [0.717, 1.165) is 46.2 Å². The predicted octanol–water partition coefficient (Wildman–Crippen LogP) is 5.89. The number of thioether (sulfide) groups is 1. The summed E-state index contributed by atoms with van der Waals surface area (Å²) < 4.78 is 2.12. The van der Waals surface area contributed by atoms with Gasteiger partial charge in [0.15, 0.2) is 11.0 Å². The third kappa shape index (κ3) is 5.28. The summed E-state index contributed by atoms with van der Waals surface area (Å²) in [6.07, 6.45) is 2.22. The monoisotopic (exact) mass is 428 g/mol. The molecule has 3 aromatic rings. The number of nitrogens with one attached hydrogen (secondary N) is 1. The molecule has 1 N–H and O–H groups in total. The maximum Gasteiger partial charge on any atom is 0.234 e. The van der Waals surface area contributed by atoms with E-state index in [0.29, 0.717) is 5.75 Å². The summed E-state index contributed by atoms with van der Waals surface area (Å²) >= 11 is 3.19. The largest absolute Gasteiger partial charge is 0.325 e. The highest BCUT2D eigenvalue weighted by Crippen LogP contribution is 2.31. The van der Waals surface area contributed by atoms with Crippen molar-refractivity contribution in [3.63, 3.8) is 0 Å². The molecule has 0 aliphatic carbocycles. The van der Waals surface area contributed by atoms with Crippen molar-refractivity contribution in [3.8, 4) is 11.4 Å². The molecule has 7 heteroatoms. The summed E-state index contributed by atoms with van der Waals surface area (Å²) in [5.74, 6) is 1.13. The summed E-state index contributed by atoms with van der Waals surface area (Å²) in [4.78, 5) is 13.9. The normalized spacial score (nSPS) is 11.2. The molecule has 0 fully saturated rings. The number of rotatable bonds is 8. The number of nitrogens with zero attached hydrogens (tertiary/aromatic N) is 3. The maximum absolute atomic E-state index is 12.5. The van der Waals surface area contributed by atoms with Crippen molar-refractivity contribution in [1.82, 2.24) is 14.8 Å². The van der Waals surface area contributed by atoms with Crippen LogP contribution in [0.1, 0.15) is 49.2 Å². The standard InChI is InChI=1S/C22H28N4OS2/c1-6-7-18-11-17(12-28-18)21-24-25-22(26(21)14(2)3)29-13-20(27)23-19-10-15(4)8-9-16(19)5/h8-12,14H,6-7,13H2,1-5H3,(H,23,27). The van der Waals surface area contributed by atoms with Crippen LogP contribution in [0.3, 0.4) is 0 Å². The van der Waals surface area contributed by atoms with Gasteiger partial charge in [-0.25, -0.2) is 0 Å². The first-order valence-corrected chi connectivity index (χ1v) is 11.8. The quantitative estimate of drug-likeness (QED) is 0.455. The van der Waals surface area contributed by atoms with E-state index in [1.807, 2.05) is 32.0 Å². The number of aryl methyl sites for hydroxylation is 3. The fourth-order valence-corrected chi connectivity index (χ4v) is 4.94. The van der Waals surface area contributed by atoms with E-state index in [-0.39, 0.29) is 11.9 Å². The van der Waals surface area contributed by atoms with Crippen molar-refractivity contribution in [2.45, 2.75) is 58.7 Å². The van der Waals surface area contributed by atoms with Gasteiger partial charge >= 0.3 is 0 Å². The molecule has 29 heavy (non-hydrogen) atoms. The van der Waals surface area contributed by atoms with Gasteiger partial charge in [0.1, 0.15) is 0 Å². The highest BCUT2D eigenvalue weighted by Gasteiger charge is 2.19. The van der Waals surface area contributed by atoms with Crippen molar-refractivity contribution in [3.05, 3.63) is 45.6 Å². The van der Waals surface area contributed by atoms with E-state index >= 15 is 0 Å². The van der Waals surface area contributed by atoms with Gasteiger partial charge < -0.3 is 5.32 Å². The molecule has 0 atom stereocenters. The summed E-state index contributed by atoms with van der Waals surface area (Å²) in [7, 11) is 0. The number of hydrogen-bond donors (Lipinski definition) is 1. The number of aromatic nitrogens is 3. The van der Waals surface area contributed by atoms with Crippen LogP contribution in [0, 0.1) is 13.8 Å². The highest BCUT2D eigenvalue weighted by atomic mass is 32.2. The second-order valence-electron chi connectivity index (χ2n) is 7.48. The van der Waals surface area contributed by atoms with Gasteiger partial charge in [0.05, 0.1) is 5.75 Å². The van der Waals surface area contributed by atoms with Crippen LogP contribution in [-0.2, 0) is 11.2 Å². The second kappa shape index (κ2) is 9.59. The molecular weight excluding hydrogens is 400 g/mol. The molecule has 0 bridgehead atoms. The Balaban J connectivity index is 1.73. The van der Waals surface area contributed by atoms with Crippen LogP contribution in [0.2, 0.25) is 0 Å². The number of benzene rings is 1. The van der Waals surface area contributed by atoms with Gasteiger partial charge in [0, 0.05) is 27.5 Å². The Hall–Kier alpha value is -2.12. The number of amides is 1. The molecule has 0 aliphatic rings. The molecule has 5 nitrogen and oxygen atoms in total. The van der Waals surface area contributed by atoms with Gasteiger partial charge in [0.25, 0.3) is 0 Å². The number of anilines is 1. The third-order valence-electron chi connectivity index (χ3n) is 4.59. The van der Waals surface area contributed by atoms with E-state index in [4.69, 9.17) is 0 Å². The summed E-state index contributed by atoms with van der Waals surface area (Å²) in [5.41, 5.74) is 4.15. The van der Waals surface area contributed by atoms with Gasteiger partial charge in [-0.15, -0.1) is 21.5 Å². The topological polar surface area (TPSA) is 59.8 Å². The van der Waals surface area contributed by atoms with Crippen molar-refractivity contribution >= 4 is 34.7 Å². The van der Waals surface area contributed by atoms with Gasteiger partial charge in [0.2, 0.25) is 5.91 Å². The van der Waals surface area contributed by atoms with Crippen LogP contribution in [0.25, 0.3) is 11.4 Å². The van der Waals surface area contributed by atoms with E-state index in [1.54, 1.807) is 11.3 Å².